The molecule has 0 spiro atoms. The van der Waals surface area contributed by atoms with E-state index in [0.717, 1.165) is 12.0 Å². The molecule has 0 saturated carbocycles. The minimum absolute atomic E-state index is 0.110. The topological polar surface area (TPSA) is 96.3 Å². The predicted octanol–water partition coefficient (Wildman–Crippen LogP) is 1.96. The average Bonchev–Trinajstić information content (AvgIpc) is 3.15. The molecule has 31 heavy (non-hydrogen) atoms. The van der Waals surface area contributed by atoms with Gasteiger partial charge < -0.3 is 15.5 Å². The number of carbonyl (C=O) groups is 3. The summed E-state index contributed by atoms with van der Waals surface area (Å²) >= 11 is 0. The van der Waals surface area contributed by atoms with Crippen LogP contribution in [0.3, 0.4) is 0 Å². The van der Waals surface area contributed by atoms with Crippen LogP contribution in [0.2, 0.25) is 0 Å². The molecule has 3 amide bonds. The van der Waals surface area contributed by atoms with Crippen LogP contribution in [0.4, 0.5) is 4.39 Å². The average molecular weight is 429 g/mol. The van der Waals surface area contributed by atoms with Crippen LogP contribution in [-0.2, 0) is 17.9 Å². The van der Waals surface area contributed by atoms with E-state index >= 15 is 0 Å². The molecular formula is C22H28FN5O3. The van der Waals surface area contributed by atoms with Gasteiger partial charge in [0.2, 0.25) is 5.91 Å². The van der Waals surface area contributed by atoms with Crippen LogP contribution >= 0.6 is 0 Å². The van der Waals surface area contributed by atoms with Gasteiger partial charge in [0, 0.05) is 26.2 Å². The number of likely N-dealkylation sites (N-methyl/N-ethyl adjacent to an activating group) is 1. The molecule has 0 fully saturated rings. The molecule has 8 nitrogen and oxygen atoms in total. The molecule has 1 aromatic heterocycles. The highest BCUT2D eigenvalue weighted by Crippen LogP contribution is 2.26. The molecule has 1 aliphatic rings. The minimum Gasteiger partial charge on any atom is -0.351 e. The predicted molar refractivity (Wildman–Crippen MR) is 113 cm³/mol. The number of fused-ring (bicyclic) bond motifs is 1. The van der Waals surface area contributed by atoms with Crippen molar-refractivity contribution >= 4 is 17.7 Å². The number of hydrogen-bond donors (Lipinski definition) is 2. The number of nitrogens with zero attached hydrogens (tertiary/aromatic N) is 3. The summed E-state index contributed by atoms with van der Waals surface area (Å²) in [5.74, 6) is -0.994. The van der Waals surface area contributed by atoms with E-state index in [0.29, 0.717) is 12.5 Å². The third-order valence-corrected chi connectivity index (χ3v) is 5.60. The third kappa shape index (κ3) is 4.76. The highest BCUT2D eigenvalue weighted by atomic mass is 19.1. The lowest BCUT2D eigenvalue weighted by Gasteiger charge is -2.40. The monoisotopic (exact) mass is 429 g/mol. The standard InChI is InChI=1S/C22H28FN5O3/c1-14(2)9-10-24-19(29)17-11-18-20(30)27(4)22(3,13-28(18)26-17)21(31)25-12-15-5-7-16(23)8-6-15/h5-8,11,14H,9-10,12-13H2,1-4H3,(H,24,29)(H,25,31)/t22-/m0/s1. The molecule has 2 heterocycles. The number of nitrogens with one attached hydrogen (secondary N) is 2. The summed E-state index contributed by atoms with van der Waals surface area (Å²) in [5, 5.41) is 9.88. The molecule has 1 aromatic carbocycles. The number of halogens is 1. The van der Waals surface area contributed by atoms with Crippen LogP contribution in [0.25, 0.3) is 0 Å². The first kappa shape index (κ1) is 22.5. The molecule has 3 rings (SSSR count). The Bertz CT molecular complexity index is 986. The maximum atomic E-state index is 13.1. The van der Waals surface area contributed by atoms with Crippen LogP contribution in [0.5, 0.6) is 0 Å². The lowest BCUT2D eigenvalue weighted by molar-refractivity contribution is -0.132. The van der Waals surface area contributed by atoms with E-state index in [1.807, 2.05) is 0 Å². The molecule has 0 radical (unpaired) electrons. The fourth-order valence-corrected chi connectivity index (χ4v) is 3.38. The summed E-state index contributed by atoms with van der Waals surface area (Å²) in [6, 6.07) is 7.28. The van der Waals surface area contributed by atoms with E-state index in [2.05, 4.69) is 29.6 Å². The molecule has 1 aliphatic heterocycles. The van der Waals surface area contributed by atoms with Gasteiger partial charge in [-0.15, -0.1) is 0 Å². The van der Waals surface area contributed by atoms with Crippen molar-refractivity contribution in [2.45, 2.75) is 45.8 Å². The van der Waals surface area contributed by atoms with Crippen molar-refractivity contribution in [1.82, 2.24) is 25.3 Å². The SMILES string of the molecule is CC(C)CCNC(=O)c1cc2n(n1)C[C@@](C)(C(=O)NCc1ccc(F)cc1)N(C)C2=O. The van der Waals surface area contributed by atoms with Gasteiger partial charge in [0.05, 0.1) is 6.54 Å². The molecule has 0 unspecified atom stereocenters. The van der Waals surface area contributed by atoms with Crippen LogP contribution < -0.4 is 10.6 Å². The molecule has 0 bridgehead atoms. The maximum absolute atomic E-state index is 13.1. The largest absolute Gasteiger partial charge is 0.351 e. The highest BCUT2D eigenvalue weighted by molar-refractivity contribution is 6.01. The van der Waals surface area contributed by atoms with Crippen LogP contribution in [0.15, 0.2) is 30.3 Å². The summed E-state index contributed by atoms with van der Waals surface area (Å²) in [7, 11) is 1.55. The number of amides is 3. The normalized spacial score (nSPS) is 18.1. The number of rotatable bonds is 7. The molecular weight excluding hydrogens is 401 g/mol. The summed E-state index contributed by atoms with van der Waals surface area (Å²) < 4.78 is 14.5. The van der Waals surface area contributed by atoms with Gasteiger partial charge in [-0.2, -0.15) is 5.10 Å². The van der Waals surface area contributed by atoms with Crippen molar-refractivity contribution < 1.29 is 18.8 Å². The Hall–Kier alpha value is -3.23. The summed E-state index contributed by atoms with van der Waals surface area (Å²) in [6.45, 7) is 6.62. The minimum atomic E-state index is -1.19. The quantitative estimate of drug-likeness (QED) is 0.703. The third-order valence-electron chi connectivity index (χ3n) is 5.60. The van der Waals surface area contributed by atoms with Crippen LogP contribution in [0, 0.1) is 11.7 Å². The van der Waals surface area contributed by atoms with Gasteiger partial charge in [-0.3, -0.25) is 19.1 Å². The zero-order chi connectivity index (χ0) is 22.8. The van der Waals surface area contributed by atoms with Gasteiger partial charge in [0.25, 0.3) is 11.8 Å². The Morgan fingerprint density at radius 3 is 2.55 bits per heavy atom. The summed E-state index contributed by atoms with van der Waals surface area (Å²) in [6.07, 6.45) is 0.841. The van der Waals surface area contributed by atoms with E-state index in [1.54, 1.807) is 26.1 Å². The number of benzene rings is 1. The van der Waals surface area contributed by atoms with Crippen LogP contribution in [0.1, 0.15) is 53.7 Å². The van der Waals surface area contributed by atoms with Crippen molar-refractivity contribution in [2.75, 3.05) is 13.6 Å². The van der Waals surface area contributed by atoms with E-state index in [-0.39, 0.29) is 48.0 Å². The van der Waals surface area contributed by atoms with Crippen molar-refractivity contribution in [1.29, 1.82) is 0 Å². The lowest BCUT2D eigenvalue weighted by atomic mass is 9.96. The molecule has 166 valence electrons. The highest BCUT2D eigenvalue weighted by Gasteiger charge is 2.46. The number of carbonyl (C=O) groups excluding carboxylic acids is 3. The molecule has 2 N–H and O–H groups in total. The van der Waals surface area contributed by atoms with Gasteiger partial charge in [0.1, 0.15) is 17.1 Å². The number of aromatic nitrogens is 2. The molecule has 1 atom stereocenters. The summed E-state index contributed by atoms with van der Waals surface area (Å²) in [4.78, 5) is 39.6. The Kier molecular flexibility index (Phi) is 6.42. The second kappa shape index (κ2) is 8.87. The Balaban J connectivity index is 1.72. The van der Waals surface area contributed by atoms with Crippen LogP contribution in [-0.4, -0.2) is 51.5 Å². The smallest absolute Gasteiger partial charge is 0.272 e. The number of hydrogen-bond acceptors (Lipinski definition) is 4. The lowest BCUT2D eigenvalue weighted by Crippen LogP contribution is -2.62. The van der Waals surface area contributed by atoms with Gasteiger partial charge in [-0.05, 0) is 37.0 Å². The van der Waals surface area contributed by atoms with Gasteiger partial charge >= 0.3 is 0 Å². The van der Waals surface area contributed by atoms with E-state index < -0.39 is 5.54 Å². The second-order valence-corrected chi connectivity index (χ2v) is 8.46. The van der Waals surface area contributed by atoms with Gasteiger partial charge in [-0.1, -0.05) is 26.0 Å². The van der Waals surface area contributed by atoms with Crippen molar-refractivity contribution in [3.8, 4) is 0 Å². The zero-order valence-corrected chi connectivity index (χ0v) is 18.2. The first-order valence-corrected chi connectivity index (χ1v) is 10.3. The van der Waals surface area contributed by atoms with Crippen molar-refractivity contribution in [3.05, 3.63) is 53.1 Å². The molecule has 9 heteroatoms. The Morgan fingerprint density at radius 1 is 1.23 bits per heavy atom. The maximum Gasteiger partial charge on any atom is 0.272 e. The fraction of sp³-hybridized carbons (Fsp3) is 0.455. The first-order valence-electron chi connectivity index (χ1n) is 10.3. The Morgan fingerprint density at radius 2 is 1.90 bits per heavy atom. The Labute approximate surface area is 180 Å². The molecule has 2 aromatic rings. The first-order chi connectivity index (χ1) is 14.6. The van der Waals surface area contributed by atoms with E-state index in [4.69, 9.17) is 0 Å². The van der Waals surface area contributed by atoms with Gasteiger partial charge in [-0.25, -0.2) is 4.39 Å². The zero-order valence-electron chi connectivity index (χ0n) is 18.2. The van der Waals surface area contributed by atoms with Crippen molar-refractivity contribution in [2.24, 2.45) is 5.92 Å². The molecule has 0 aliphatic carbocycles. The second-order valence-electron chi connectivity index (χ2n) is 8.46. The summed E-state index contributed by atoms with van der Waals surface area (Å²) in [5.41, 5.74) is -0.0401. The molecule has 0 saturated heterocycles. The fourth-order valence-electron chi connectivity index (χ4n) is 3.38. The van der Waals surface area contributed by atoms with E-state index in [9.17, 15) is 18.8 Å². The van der Waals surface area contributed by atoms with E-state index in [1.165, 1.54) is 27.8 Å². The van der Waals surface area contributed by atoms with Crippen molar-refractivity contribution in [3.63, 3.8) is 0 Å². The van der Waals surface area contributed by atoms with Gasteiger partial charge in [0.15, 0.2) is 5.69 Å².